The highest BCUT2D eigenvalue weighted by Gasteiger charge is 2.33. The molecule has 1 saturated heterocycles. The quantitative estimate of drug-likeness (QED) is 0.850. The predicted molar refractivity (Wildman–Crippen MR) is 75.8 cm³/mol. The van der Waals surface area contributed by atoms with Crippen LogP contribution >= 0.6 is 0 Å². The van der Waals surface area contributed by atoms with Gasteiger partial charge in [0.2, 0.25) is 0 Å². The minimum atomic E-state index is -0.988. The normalized spacial score (nSPS) is 28.0. The number of β-amino-alcohol motifs (C(OH)–C–C–N with tert-alkyl or cyclic N) is 1. The summed E-state index contributed by atoms with van der Waals surface area (Å²) in [5, 5.41) is 10.8. The van der Waals surface area contributed by atoms with E-state index in [1.165, 1.54) is 0 Å². The van der Waals surface area contributed by atoms with E-state index in [4.69, 9.17) is 10.5 Å². The maximum atomic E-state index is 10.8. The van der Waals surface area contributed by atoms with Gasteiger partial charge in [-0.25, -0.2) is 0 Å². The Kier molecular flexibility index (Phi) is 4.58. The molecule has 0 amide bonds. The van der Waals surface area contributed by atoms with Gasteiger partial charge in [0.15, 0.2) is 0 Å². The highest BCUT2D eigenvalue weighted by molar-refractivity contribution is 5.23. The van der Waals surface area contributed by atoms with Gasteiger partial charge in [0.1, 0.15) is 5.60 Å². The van der Waals surface area contributed by atoms with E-state index in [1.54, 1.807) is 0 Å². The van der Waals surface area contributed by atoms with E-state index in [0.29, 0.717) is 6.54 Å². The molecule has 3 N–H and O–H groups in total. The van der Waals surface area contributed by atoms with Crippen LogP contribution in [-0.4, -0.2) is 48.4 Å². The number of hydrogen-bond donors (Lipinski definition) is 2. The molecule has 1 fully saturated rings. The van der Waals surface area contributed by atoms with Crippen LogP contribution in [0.25, 0.3) is 0 Å². The van der Waals surface area contributed by atoms with Crippen molar-refractivity contribution >= 4 is 0 Å². The summed E-state index contributed by atoms with van der Waals surface area (Å²) >= 11 is 0. The van der Waals surface area contributed by atoms with E-state index >= 15 is 0 Å². The SMILES string of the molecule is CC1CN(CC(O)(CN)c2ccccc2)CC(C)O1. The number of hydrogen-bond acceptors (Lipinski definition) is 4. The first-order chi connectivity index (χ1) is 9.03. The summed E-state index contributed by atoms with van der Waals surface area (Å²) in [6, 6.07) is 9.67. The van der Waals surface area contributed by atoms with Crippen LogP contribution in [0.1, 0.15) is 19.4 Å². The van der Waals surface area contributed by atoms with Gasteiger partial charge in [-0.3, -0.25) is 4.90 Å². The largest absolute Gasteiger partial charge is 0.382 e. The first-order valence-electron chi connectivity index (χ1n) is 6.89. The van der Waals surface area contributed by atoms with Crippen molar-refractivity contribution in [3.05, 3.63) is 35.9 Å². The number of morpholine rings is 1. The lowest BCUT2D eigenvalue weighted by Gasteiger charge is -2.40. The van der Waals surface area contributed by atoms with Gasteiger partial charge in [-0.15, -0.1) is 0 Å². The Morgan fingerprint density at radius 1 is 1.26 bits per heavy atom. The van der Waals surface area contributed by atoms with Crippen LogP contribution in [-0.2, 0) is 10.3 Å². The Labute approximate surface area is 115 Å². The summed E-state index contributed by atoms with van der Waals surface area (Å²) in [6.45, 7) is 6.56. The highest BCUT2D eigenvalue weighted by atomic mass is 16.5. The molecular formula is C15H24N2O2. The summed E-state index contributed by atoms with van der Waals surface area (Å²) in [7, 11) is 0. The van der Waals surface area contributed by atoms with Crippen LogP contribution in [0, 0.1) is 0 Å². The fourth-order valence-electron chi connectivity index (χ4n) is 2.81. The number of nitrogens with zero attached hydrogens (tertiary/aromatic N) is 1. The third-order valence-electron chi connectivity index (χ3n) is 3.63. The van der Waals surface area contributed by atoms with E-state index in [2.05, 4.69) is 18.7 Å². The molecule has 4 nitrogen and oxygen atoms in total. The summed E-state index contributed by atoms with van der Waals surface area (Å²) in [4.78, 5) is 2.23. The van der Waals surface area contributed by atoms with Crippen molar-refractivity contribution in [3.63, 3.8) is 0 Å². The molecule has 0 bridgehead atoms. The molecule has 19 heavy (non-hydrogen) atoms. The molecule has 2 rings (SSSR count). The van der Waals surface area contributed by atoms with Crippen molar-refractivity contribution in [3.8, 4) is 0 Å². The van der Waals surface area contributed by atoms with Gasteiger partial charge in [-0.1, -0.05) is 30.3 Å². The van der Waals surface area contributed by atoms with Gasteiger partial charge < -0.3 is 15.6 Å². The molecule has 1 heterocycles. The van der Waals surface area contributed by atoms with Crippen LogP contribution in [0.4, 0.5) is 0 Å². The van der Waals surface area contributed by atoms with Gasteiger partial charge in [0, 0.05) is 26.2 Å². The Balaban J connectivity index is 2.10. The summed E-state index contributed by atoms with van der Waals surface area (Å²) in [5.74, 6) is 0. The summed E-state index contributed by atoms with van der Waals surface area (Å²) < 4.78 is 5.72. The first kappa shape index (κ1) is 14.5. The maximum Gasteiger partial charge on any atom is 0.114 e. The highest BCUT2D eigenvalue weighted by Crippen LogP contribution is 2.23. The van der Waals surface area contributed by atoms with Crippen LogP contribution in [0.3, 0.4) is 0 Å². The number of aliphatic hydroxyl groups is 1. The molecule has 1 aromatic carbocycles. The average Bonchev–Trinajstić information content (AvgIpc) is 2.38. The average molecular weight is 264 g/mol. The topological polar surface area (TPSA) is 58.7 Å². The van der Waals surface area contributed by atoms with Crippen molar-refractivity contribution in [1.29, 1.82) is 0 Å². The summed E-state index contributed by atoms with van der Waals surface area (Å²) in [6.07, 6.45) is 0.392. The van der Waals surface area contributed by atoms with E-state index in [0.717, 1.165) is 18.7 Å². The van der Waals surface area contributed by atoms with Gasteiger partial charge in [-0.05, 0) is 19.4 Å². The van der Waals surface area contributed by atoms with E-state index in [9.17, 15) is 5.11 Å². The smallest absolute Gasteiger partial charge is 0.114 e. The van der Waals surface area contributed by atoms with E-state index < -0.39 is 5.60 Å². The maximum absolute atomic E-state index is 10.8. The molecule has 0 aromatic heterocycles. The Morgan fingerprint density at radius 2 is 1.84 bits per heavy atom. The molecular weight excluding hydrogens is 240 g/mol. The van der Waals surface area contributed by atoms with Crippen LogP contribution < -0.4 is 5.73 Å². The van der Waals surface area contributed by atoms with Crippen molar-refractivity contribution in [2.24, 2.45) is 5.73 Å². The van der Waals surface area contributed by atoms with Crippen LogP contribution in [0.2, 0.25) is 0 Å². The summed E-state index contributed by atoms with van der Waals surface area (Å²) in [5.41, 5.74) is 5.71. The minimum absolute atomic E-state index is 0.196. The van der Waals surface area contributed by atoms with Gasteiger partial charge in [0.05, 0.1) is 12.2 Å². The molecule has 3 unspecified atom stereocenters. The van der Waals surface area contributed by atoms with Gasteiger partial charge in [0.25, 0.3) is 0 Å². The molecule has 0 aliphatic carbocycles. The third-order valence-corrected chi connectivity index (χ3v) is 3.63. The predicted octanol–water partition coefficient (Wildman–Crippen LogP) is 0.942. The Morgan fingerprint density at radius 3 is 2.37 bits per heavy atom. The Hall–Kier alpha value is -0.940. The monoisotopic (exact) mass is 264 g/mol. The zero-order valence-electron chi connectivity index (χ0n) is 11.7. The first-order valence-corrected chi connectivity index (χ1v) is 6.89. The van der Waals surface area contributed by atoms with Crippen LogP contribution in [0.5, 0.6) is 0 Å². The molecule has 1 aliphatic heterocycles. The Bertz CT molecular complexity index is 388. The molecule has 0 radical (unpaired) electrons. The minimum Gasteiger partial charge on any atom is -0.382 e. The second-order valence-corrected chi connectivity index (χ2v) is 5.55. The lowest BCUT2D eigenvalue weighted by molar-refractivity contribution is -0.0919. The lowest BCUT2D eigenvalue weighted by atomic mass is 9.93. The lowest BCUT2D eigenvalue weighted by Crippen LogP contribution is -2.53. The second-order valence-electron chi connectivity index (χ2n) is 5.55. The second kappa shape index (κ2) is 6.01. The van der Waals surface area contributed by atoms with Crippen molar-refractivity contribution in [2.45, 2.75) is 31.7 Å². The molecule has 1 aliphatic rings. The standard InChI is InChI=1S/C15H24N2O2/c1-12-8-17(9-13(2)19-12)11-15(18,10-16)14-6-4-3-5-7-14/h3-7,12-13,18H,8-11,16H2,1-2H3. The van der Waals surface area contributed by atoms with Gasteiger partial charge in [-0.2, -0.15) is 0 Å². The molecule has 0 saturated carbocycles. The third kappa shape index (κ3) is 3.54. The zero-order valence-corrected chi connectivity index (χ0v) is 11.7. The molecule has 106 valence electrons. The number of nitrogens with two attached hydrogens (primary N) is 1. The van der Waals surface area contributed by atoms with Gasteiger partial charge >= 0.3 is 0 Å². The molecule has 4 heteroatoms. The van der Waals surface area contributed by atoms with E-state index in [1.807, 2.05) is 30.3 Å². The fraction of sp³-hybridized carbons (Fsp3) is 0.600. The molecule has 1 aromatic rings. The number of ether oxygens (including phenoxy) is 1. The number of benzene rings is 1. The molecule has 0 spiro atoms. The van der Waals surface area contributed by atoms with Crippen LogP contribution in [0.15, 0.2) is 30.3 Å². The van der Waals surface area contributed by atoms with Crippen molar-refractivity contribution in [2.75, 3.05) is 26.2 Å². The van der Waals surface area contributed by atoms with E-state index in [-0.39, 0.29) is 18.8 Å². The zero-order chi connectivity index (χ0) is 13.9. The fourth-order valence-corrected chi connectivity index (χ4v) is 2.81. The molecule has 3 atom stereocenters. The van der Waals surface area contributed by atoms with Crippen molar-refractivity contribution < 1.29 is 9.84 Å². The van der Waals surface area contributed by atoms with Crippen molar-refractivity contribution in [1.82, 2.24) is 4.90 Å². The number of rotatable bonds is 4.